The largest absolute Gasteiger partial charge is 0.415 e. The van der Waals surface area contributed by atoms with Gasteiger partial charge in [0, 0.05) is 27.6 Å². The topological polar surface area (TPSA) is 52.6 Å². The third kappa shape index (κ3) is 7.20. The standard InChI is InChI=1S/C38H31F3O4P2/c39-38(40,41)37(45-47(43,34-21-9-3-10-22-34)35-23-11-4-12-24-35)28-36(31-26-25-29-15-13-14-16-30(29)27-31)44-46(42,32-17-5-1-6-18-32)33-19-7-2-8-20-33/h1-27,36-37H,28H2. The molecular weight excluding hydrogens is 639 g/mol. The van der Waals surface area contributed by atoms with Gasteiger partial charge in [-0.1, -0.05) is 109 Å². The second-order valence-electron chi connectivity index (χ2n) is 11.0. The third-order valence-corrected chi connectivity index (χ3v) is 12.9. The van der Waals surface area contributed by atoms with Crippen molar-refractivity contribution >= 4 is 46.7 Å². The molecule has 0 saturated carbocycles. The lowest BCUT2D eigenvalue weighted by Crippen LogP contribution is -2.36. The van der Waals surface area contributed by atoms with E-state index in [1.165, 1.54) is 24.3 Å². The van der Waals surface area contributed by atoms with Crippen LogP contribution in [-0.4, -0.2) is 12.3 Å². The van der Waals surface area contributed by atoms with Crippen molar-refractivity contribution in [2.45, 2.75) is 24.8 Å². The summed E-state index contributed by atoms with van der Waals surface area (Å²) in [7, 11) is -8.25. The molecule has 0 aliphatic heterocycles. The monoisotopic (exact) mass is 670 g/mol. The van der Waals surface area contributed by atoms with Gasteiger partial charge in [-0.2, -0.15) is 13.2 Å². The molecule has 6 rings (SSSR count). The first-order chi connectivity index (χ1) is 22.7. The van der Waals surface area contributed by atoms with Gasteiger partial charge >= 0.3 is 6.18 Å². The first kappa shape index (κ1) is 32.7. The maximum atomic E-state index is 15.1. The zero-order chi connectivity index (χ0) is 32.9. The quantitative estimate of drug-likeness (QED) is 0.129. The fourth-order valence-electron chi connectivity index (χ4n) is 5.48. The van der Waals surface area contributed by atoms with Crippen LogP contribution in [0, 0.1) is 0 Å². The molecule has 2 unspecified atom stereocenters. The van der Waals surface area contributed by atoms with Gasteiger partial charge in [0.2, 0.25) is 0 Å². The Labute approximate surface area is 271 Å². The Hall–Kier alpha value is -4.25. The molecule has 0 saturated heterocycles. The highest BCUT2D eigenvalue weighted by atomic mass is 31.2. The molecule has 0 aromatic heterocycles. The van der Waals surface area contributed by atoms with Crippen molar-refractivity contribution in [2.75, 3.05) is 0 Å². The van der Waals surface area contributed by atoms with Crippen molar-refractivity contribution in [1.82, 2.24) is 0 Å². The van der Waals surface area contributed by atoms with Gasteiger partial charge in [0.25, 0.3) is 14.7 Å². The van der Waals surface area contributed by atoms with Gasteiger partial charge in [-0.3, -0.25) is 9.13 Å². The Morgan fingerprint density at radius 1 is 0.489 bits per heavy atom. The predicted molar refractivity (Wildman–Crippen MR) is 183 cm³/mol. The third-order valence-electron chi connectivity index (χ3n) is 7.87. The highest BCUT2D eigenvalue weighted by Crippen LogP contribution is 2.54. The number of halogens is 3. The van der Waals surface area contributed by atoms with Crippen LogP contribution in [0.1, 0.15) is 18.1 Å². The summed E-state index contributed by atoms with van der Waals surface area (Å²) >= 11 is 0. The molecule has 0 aliphatic rings. The van der Waals surface area contributed by atoms with Crippen LogP contribution in [0.5, 0.6) is 0 Å². The maximum absolute atomic E-state index is 15.1. The molecule has 0 amide bonds. The van der Waals surface area contributed by atoms with Crippen molar-refractivity contribution < 1.29 is 31.3 Å². The molecule has 2 atom stereocenters. The van der Waals surface area contributed by atoms with Gasteiger partial charge in [-0.05, 0) is 70.9 Å². The second-order valence-corrected chi connectivity index (χ2v) is 15.7. The minimum Gasteiger partial charge on any atom is -0.314 e. The summed E-state index contributed by atoms with van der Waals surface area (Å²) in [5.41, 5.74) is 0.378. The summed E-state index contributed by atoms with van der Waals surface area (Å²) in [6, 6.07) is 45.3. The van der Waals surface area contributed by atoms with E-state index in [2.05, 4.69) is 0 Å². The van der Waals surface area contributed by atoms with Gasteiger partial charge < -0.3 is 9.05 Å². The number of benzene rings is 6. The van der Waals surface area contributed by atoms with E-state index < -0.39 is 39.5 Å². The van der Waals surface area contributed by atoms with Crippen LogP contribution in [-0.2, 0) is 18.2 Å². The first-order valence-electron chi connectivity index (χ1n) is 15.0. The number of fused-ring (bicyclic) bond motifs is 1. The second kappa shape index (κ2) is 13.9. The van der Waals surface area contributed by atoms with Crippen LogP contribution >= 0.6 is 14.7 Å². The lowest BCUT2D eigenvalue weighted by molar-refractivity contribution is -0.200. The van der Waals surface area contributed by atoms with Gasteiger partial charge in [0.15, 0.2) is 6.10 Å². The molecule has 9 heteroatoms. The summed E-state index contributed by atoms with van der Waals surface area (Å²) < 4.78 is 87.3. The summed E-state index contributed by atoms with van der Waals surface area (Å²) in [6.45, 7) is 0. The Morgan fingerprint density at radius 3 is 1.30 bits per heavy atom. The van der Waals surface area contributed by atoms with E-state index in [1.54, 1.807) is 115 Å². The molecule has 4 nitrogen and oxygen atoms in total. The highest BCUT2D eigenvalue weighted by molar-refractivity contribution is 7.74. The molecule has 0 N–H and O–H groups in total. The number of hydrogen-bond donors (Lipinski definition) is 0. The van der Waals surface area contributed by atoms with Gasteiger partial charge in [0.05, 0.1) is 6.10 Å². The fraction of sp³-hybridized carbons (Fsp3) is 0.105. The lowest BCUT2D eigenvalue weighted by Gasteiger charge is -2.32. The molecule has 0 aliphatic carbocycles. The Morgan fingerprint density at radius 2 is 0.872 bits per heavy atom. The molecule has 0 bridgehead atoms. The van der Waals surface area contributed by atoms with E-state index in [-0.39, 0.29) is 10.6 Å². The molecule has 47 heavy (non-hydrogen) atoms. The van der Waals surface area contributed by atoms with Crippen molar-refractivity contribution in [3.8, 4) is 0 Å². The van der Waals surface area contributed by atoms with E-state index in [4.69, 9.17) is 9.05 Å². The van der Waals surface area contributed by atoms with Crippen LogP contribution in [0.4, 0.5) is 13.2 Å². The van der Waals surface area contributed by atoms with E-state index >= 15 is 17.7 Å². The number of rotatable bonds is 11. The van der Waals surface area contributed by atoms with E-state index in [9.17, 15) is 4.57 Å². The summed E-state index contributed by atoms with van der Waals surface area (Å²) in [4.78, 5) is 0. The van der Waals surface area contributed by atoms with Crippen molar-refractivity contribution in [3.63, 3.8) is 0 Å². The highest BCUT2D eigenvalue weighted by Gasteiger charge is 2.48. The van der Waals surface area contributed by atoms with Crippen LogP contribution in [0.3, 0.4) is 0 Å². The zero-order valence-corrected chi connectivity index (χ0v) is 26.9. The van der Waals surface area contributed by atoms with E-state index in [1.807, 2.05) is 24.3 Å². The fourth-order valence-corrected chi connectivity index (χ4v) is 9.95. The molecule has 0 fully saturated rings. The van der Waals surface area contributed by atoms with Crippen molar-refractivity contribution in [3.05, 3.63) is 169 Å². The molecule has 6 aromatic carbocycles. The van der Waals surface area contributed by atoms with E-state index in [0.717, 1.165) is 10.8 Å². The molecule has 0 radical (unpaired) electrons. The lowest BCUT2D eigenvalue weighted by atomic mass is 10.00. The molecular formula is C38H31F3O4P2. The number of alkyl halides is 3. The Balaban J connectivity index is 1.48. The van der Waals surface area contributed by atoms with Gasteiger partial charge in [0.1, 0.15) is 0 Å². The predicted octanol–water partition coefficient (Wildman–Crippen LogP) is 9.09. The van der Waals surface area contributed by atoms with Crippen LogP contribution in [0.15, 0.2) is 164 Å². The normalized spacial score (nSPS) is 13.7. The molecule has 0 spiro atoms. The van der Waals surface area contributed by atoms with Crippen LogP contribution < -0.4 is 21.2 Å². The zero-order valence-electron chi connectivity index (χ0n) is 25.1. The summed E-state index contributed by atoms with van der Waals surface area (Å²) in [5, 5.41) is 2.58. The van der Waals surface area contributed by atoms with Crippen molar-refractivity contribution in [1.29, 1.82) is 0 Å². The van der Waals surface area contributed by atoms with E-state index in [0.29, 0.717) is 16.2 Å². The summed E-state index contributed by atoms with van der Waals surface area (Å²) in [6.07, 6.45) is -9.70. The average molecular weight is 671 g/mol. The average Bonchev–Trinajstić information content (AvgIpc) is 3.11. The minimum atomic E-state index is -4.96. The Bertz CT molecular complexity index is 1940. The SMILES string of the molecule is O=P(OC(CC(OP(=O)(c1ccccc1)c1ccccc1)C(F)(F)F)c1ccc2ccccc2c1)(c1ccccc1)c1ccccc1. The van der Waals surface area contributed by atoms with Crippen molar-refractivity contribution in [2.24, 2.45) is 0 Å². The molecule has 0 heterocycles. The molecule has 238 valence electrons. The number of hydrogen-bond acceptors (Lipinski definition) is 4. The first-order valence-corrected chi connectivity index (χ1v) is 18.3. The minimum absolute atomic E-state index is 0.128. The maximum Gasteiger partial charge on any atom is 0.415 e. The Kier molecular flexibility index (Phi) is 9.63. The van der Waals surface area contributed by atoms with Crippen LogP contribution in [0.2, 0.25) is 0 Å². The van der Waals surface area contributed by atoms with Gasteiger partial charge in [-0.15, -0.1) is 0 Å². The smallest absolute Gasteiger partial charge is 0.314 e. The van der Waals surface area contributed by atoms with Gasteiger partial charge in [-0.25, -0.2) is 0 Å². The molecule has 6 aromatic rings. The van der Waals surface area contributed by atoms with Crippen LogP contribution in [0.25, 0.3) is 10.8 Å². The summed E-state index contributed by atoms with van der Waals surface area (Å²) in [5.74, 6) is 0.